The molecule has 4 rings (SSSR count). The molecule has 0 bridgehead atoms. The predicted octanol–water partition coefficient (Wildman–Crippen LogP) is 5.00. The van der Waals surface area contributed by atoms with E-state index in [0.29, 0.717) is 5.78 Å². The summed E-state index contributed by atoms with van der Waals surface area (Å²) in [7, 11) is 2.08. The standard InChI is InChI=1S/C24H28N2O2/c1-16-6-4-5-7-19(16)14-24-25-22-15-21(12-13-23(22)26(24)3)28-20-10-8-18(9-11-20)17(2)27/h4-7,12-13,15,18,20H,8-11,14H2,1-3H3. The number of carbonyl (C=O) groups is 1. The number of rotatable bonds is 5. The largest absolute Gasteiger partial charge is 0.490 e. The van der Waals surface area contributed by atoms with Crippen LogP contribution in [0, 0.1) is 12.8 Å². The van der Waals surface area contributed by atoms with E-state index in [-0.39, 0.29) is 12.0 Å². The molecule has 3 aromatic rings. The molecule has 1 aliphatic carbocycles. The fourth-order valence-corrected chi connectivity index (χ4v) is 4.22. The van der Waals surface area contributed by atoms with Gasteiger partial charge >= 0.3 is 0 Å². The quantitative estimate of drug-likeness (QED) is 0.629. The van der Waals surface area contributed by atoms with Gasteiger partial charge in [0.15, 0.2) is 0 Å². The van der Waals surface area contributed by atoms with E-state index >= 15 is 0 Å². The van der Waals surface area contributed by atoms with Gasteiger partial charge < -0.3 is 9.30 Å². The summed E-state index contributed by atoms with van der Waals surface area (Å²) in [4.78, 5) is 16.4. The van der Waals surface area contributed by atoms with Crippen molar-refractivity contribution in [3.8, 4) is 5.75 Å². The lowest BCUT2D eigenvalue weighted by atomic mass is 9.85. The maximum absolute atomic E-state index is 11.5. The van der Waals surface area contributed by atoms with Crippen molar-refractivity contribution in [2.24, 2.45) is 13.0 Å². The molecule has 146 valence electrons. The number of aryl methyl sites for hydroxylation is 2. The highest BCUT2D eigenvalue weighted by atomic mass is 16.5. The van der Waals surface area contributed by atoms with Gasteiger partial charge in [-0.2, -0.15) is 0 Å². The topological polar surface area (TPSA) is 44.1 Å². The van der Waals surface area contributed by atoms with Crippen molar-refractivity contribution in [3.05, 3.63) is 59.4 Å². The first-order valence-corrected chi connectivity index (χ1v) is 10.2. The molecule has 1 aliphatic rings. The average molecular weight is 377 g/mol. The Balaban J connectivity index is 1.50. The van der Waals surface area contributed by atoms with Crippen molar-refractivity contribution in [2.75, 3.05) is 0 Å². The van der Waals surface area contributed by atoms with Gasteiger partial charge in [-0.05, 0) is 62.8 Å². The van der Waals surface area contributed by atoms with E-state index in [2.05, 4.69) is 48.9 Å². The first kappa shape index (κ1) is 18.7. The van der Waals surface area contributed by atoms with E-state index in [9.17, 15) is 4.79 Å². The number of nitrogens with zero attached hydrogens (tertiary/aromatic N) is 2. The summed E-state index contributed by atoms with van der Waals surface area (Å²) in [6.45, 7) is 3.85. The summed E-state index contributed by atoms with van der Waals surface area (Å²) in [6.07, 6.45) is 4.79. The molecule has 0 atom stereocenters. The van der Waals surface area contributed by atoms with Crippen LogP contribution in [0.25, 0.3) is 11.0 Å². The third-order valence-electron chi connectivity index (χ3n) is 6.11. The van der Waals surface area contributed by atoms with Crippen LogP contribution < -0.4 is 4.74 Å². The Kier molecular flexibility index (Phi) is 5.21. The molecular weight excluding hydrogens is 348 g/mol. The summed E-state index contributed by atoms with van der Waals surface area (Å²) < 4.78 is 8.39. The predicted molar refractivity (Wildman–Crippen MR) is 112 cm³/mol. The third kappa shape index (κ3) is 3.82. The average Bonchev–Trinajstić information content (AvgIpc) is 2.99. The number of imidazole rings is 1. The fraction of sp³-hybridized carbons (Fsp3) is 0.417. The van der Waals surface area contributed by atoms with Gasteiger partial charge in [0.05, 0.1) is 17.1 Å². The van der Waals surface area contributed by atoms with Crippen molar-refractivity contribution in [2.45, 2.75) is 52.1 Å². The first-order chi connectivity index (χ1) is 13.5. The summed E-state index contributed by atoms with van der Waals surface area (Å²) in [5.41, 5.74) is 4.69. The zero-order chi connectivity index (χ0) is 19.7. The Morgan fingerprint density at radius 1 is 1.14 bits per heavy atom. The molecule has 0 unspecified atom stereocenters. The Hall–Kier alpha value is -2.62. The Morgan fingerprint density at radius 3 is 2.61 bits per heavy atom. The van der Waals surface area contributed by atoms with Gasteiger partial charge in [-0.25, -0.2) is 4.98 Å². The minimum absolute atomic E-state index is 0.197. The fourth-order valence-electron chi connectivity index (χ4n) is 4.22. The van der Waals surface area contributed by atoms with Gasteiger partial charge in [0, 0.05) is 25.5 Å². The van der Waals surface area contributed by atoms with Gasteiger partial charge in [0.1, 0.15) is 17.4 Å². The zero-order valence-electron chi connectivity index (χ0n) is 16.9. The highest BCUT2D eigenvalue weighted by Gasteiger charge is 2.25. The molecule has 0 saturated heterocycles. The molecule has 0 radical (unpaired) electrons. The van der Waals surface area contributed by atoms with Gasteiger partial charge in [0.25, 0.3) is 0 Å². The van der Waals surface area contributed by atoms with Crippen LogP contribution in [0.4, 0.5) is 0 Å². The third-order valence-corrected chi connectivity index (χ3v) is 6.11. The lowest BCUT2D eigenvalue weighted by Gasteiger charge is -2.27. The van der Waals surface area contributed by atoms with Crippen LogP contribution in [0.3, 0.4) is 0 Å². The molecule has 4 heteroatoms. The van der Waals surface area contributed by atoms with Crippen LogP contribution >= 0.6 is 0 Å². The van der Waals surface area contributed by atoms with E-state index in [4.69, 9.17) is 9.72 Å². The molecular formula is C24H28N2O2. The number of benzene rings is 2. The lowest BCUT2D eigenvalue weighted by Crippen LogP contribution is -2.26. The molecule has 0 aliphatic heterocycles. The maximum atomic E-state index is 11.5. The normalized spacial score (nSPS) is 19.7. The summed E-state index contributed by atoms with van der Waals surface area (Å²) in [5, 5.41) is 0. The second-order valence-corrected chi connectivity index (χ2v) is 8.04. The molecule has 0 amide bonds. The van der Waals surface area contributed by atoms with Crippen LogP contribution in [-0.4, -0.2) is 21.4 Å². The number of fused-ring (bicyclic) bond motifs is 1. The summed E-state index contributed by atoms with van der Waals surface area (Å²) in [5.74, 6) is 2.47. The van der Waals surface area contributed by atoms with Gasteiger partial charge in [-0.1, -0.05) is 24.3 Å². The molecule has 1 aromatic heterocycles. The summed E-state index contributed by atoms with van der Waals surface area (Å²) >= 11 is 0. The Morgan fingerprint density at radius 2 is 1.89 bits per heavy atom. The van der Waals surface area contributed by atoms with Crippen molar-refractivity contribution in [1.82, 2.24) is 9.55 Å². The van der Waals surface area contributed by atoms with E-state index in [1.807, 2.05) is 12.1 Å². The van der Waals surface area contributed by atoms with Gasteiger partial charge in [-0.3, -0.25) is 4.79 Å². The van der Waals surface area contributed by atoms with E-state index in [1.165, 1.54) is 11.1 Å². The minimum Gasteiger partial charge on any atom is -0.490 e. The molecule has 1 fully saturated rings. The van der Waals surface area contributed by atoms with Crippen LogP contribution in [-0.2, 0) is 18.3 Å². The number of Topliss-reactive ketones (excluding diaryl/α,β-unsaturated/α-hetero) is 1. The molecule has 28 heavy (non-hydrogen) atoms. The molecule has 1 heterocycles. The minimum atomic E-state index is 0.197. The van der Waals surface area contributed by atoms with Crippen molar-refractivity contribution < 1.29 is 9.53 Å². The van der Waals surface area contributed by atoms with Crippen LogP contribution in [0.5, 0.6) is 5.75 Å². The van der Waals surface area contributed by atoms with Crippen molar-refractivity contribution >= 4 is 16.8 Å². The smallest absolute Gasteiger partial charge is 0.132 e. The van der Waals surface area contributed by atoms with Crippen molar-refractivity contribution in [3.63, 3.8) is 0 Å². The monoisotopic (exact) mass is 376 g/mol. The van der Waals surface area contributed by atoms with Crippen LogP contribution in [0.2, 0.25) is 0 Å². The number of ether oxygens (including phenoxy) is 1. The van der Waals surface area contributed by atoms with Gasteiger partial charge in [0.2, 0.25) is 0 Å². The number of hydrogen-bond donors (Lipinski definition) is 0. The van der Waals surface area contributed by atoms with Gasteiger partial charge in [-0.15, -0.1) is 0 Å². The highest BCUT2D eigenvalue weighted by molar-refractivity contribution is 5.78. The van der Waals surface area contributed by atoms with Crippen molar-refractivity contribution in [1.29, 1.82) is 0 Å². The van der Waals surface area contributed by atoms with Crippen LogP contribution in [0.1, 0.15) is 49.6 Å². The van der Waals surface area contributed by atoms with E-state index in [1.54, 1.807) is 6.92 Å². The molecule has 2 aromatic carbocycles. The van der Waals surface area contributed by atoms with E-state index < -0.39 is 0 Å². The Bertz CT molecular complexity index is 997. The number of carbonyl (C=O) groups excluding carboxylic acids is 1. The number of aromatic nitrogens is 2. The number of hydrogen-bond acceptors (Lipinski definition) is 3. The van der Waals surface area contributed by atoms with E-state index in [0.717, 1.165) is 54.7 Å². The maximum Gasteiger partial charge on any atom is 0.132 e. The first-order valence-electron chi connectivity index (χ1n) is 10.2. The van der Waals surface area contributed by atoms with Crippen LogP contribution in [0.15, 0.2) is 42.5 Å². The molecule has 1 saturated carbocycles. The highest BCUT2D eigenvalue weighted by Crippen LogP contribution is 2.30. The molecule has 0 spiro atoms. The zero-order valence-corrected chi connectivity index (χ0v) is 16.9. The SMILES string of the molecule is CC(=O)C1CCC(Oc2ccc3c(c2)nc(Cc2ccccc2C)n3C)CC1. The lowest BCUT2D eigenvalue weighted by molar-refractivity contribution is -0.122. The number of ketones is 1. The summed E-state index contributed by atoms with van der Waals surface area (Å²) in [6, 6.07) is 14.6. The Labute approximate surface area is 166 Å². The molecule has 4 nitrogen and oxygen atoms in total. The second-order valence-electron chi connectivity index (χ2n) is 8.04. The second kappa shape index (κ2) is 7.78. The molecule has 0 N–H and O–H groups in total.